The van der Waals surface area contributed by atoms with E-state index < -0.39 is 6.29 Å². The van der Waals surface area contributed by atoms with E-state index in [4.69, 9.17) is 14.6 Å². The monoisotopic (exact) mass is 224 g/mol. The normalized spacial score (nSPS) is 11.9. The highest BCUT2D eigenvalue weighted by Gasteiger charge is 2.12. The highest BCUT2D eigenvalue weighted by atomic mass is 16.7. The number of carbonyl (C=O) groups is 1. The Balaban J connectivity index is 2.56. The first-order valence-electron chi connectivity index (χ1n) is 5.30. The van der Waals surface area contributed by atoms with E-state index in [1.807, 2.05) is 6.92 Å². The van der Waals surface area contributed by atoms with E-state index in [2.05, 4.69) is 0 Å². The zero-order valence-corrected chi connectivity index (χ0v) is 9.47. The maximum absolute atomic E-state index is 11.1. The van der Waals surface area contributed by atoms with Gasteiger partial charge >= 0.3 is 5.97 Å². The van der Waals surface area contributed by atoms with Crippen LogP contribution in [0.2, 0.25) is 0 Å². The quantitative estimate of drug-likeness (QED) is 0.616. The van der Waals surface area contributed by atoms with Crippen LogP contribution in [-0.4, -0.2) is 17.4 Å². The average Bonchev–Trinajstić information content (AvgIpc) is 2.30. The molecule has 0 heterocycles. The third-order valence-electron chi connectivity index (χ3n) is 1.99. The molecule has 4 nitrogen and oxygen atoms in total. The van der Waals surface area contributed by atoms with Gasteiger partial charge in [0.1, 0.15) is 11.5 Å². The van der Waals surface area contributed by atoms with Gasteiger partial charge in [0.15, 0.2) is 0 Å². The van der Waals surface area contributed by atoms with Crippen molar-refractivity contribution in [3.05, 3.63) is 24.3 Å². The van der Waals surface area contributed by atoms with E-state index in [9.17, 15) is 4.79 Å². The second kappa shape index (κ2) is 6.00. The van der Waals surface area contributed by atoms with Crippen LogP contribution in [-0.2, 0) is 9.53 Å². The summed E-state index contributed by atoms with van der Waals surface area (Å²) in [5, 5.41) is 9.09. The summed E-state index contributed by atoms with van der Waals surface area (Å²) in [4.78, 5) is 11.1. The zero-order valence-electron chi connectivity index (χ0n) is 9.47. The summed E-state index contributed by atoms with van der Waals surface area (Å²) in [7, 11) is 0. The zero-order chi connectivity index (χ0) is 12.0. The number of phenols is 1. The largest absolute Gasteiger partial charge is 0.508 e. The predicted octanol–water partition coefficient (Wildman–Crippen LogP) is 2.46. The number of carbonyl (C=O) groups excluding carboxylic acids is 1. The minimum atomic E-state index is -0.572. The third-order valence-corrected chi connectivity index (χ3v) is 1.99. The summed E-state index contributed by atoms with van der Waals surface area (Å²) in [6.07, 6.45) is 0.333. The van der Waals surface area contributed by atoms with Gasteiger partial charge in [-0.15, -0.1) is 0 Å². The smallest absolute Gasteiger partial charge is 0.308 e. The SMILES string of the molecule is CCC(=O)OC(CC)Oc1ccc(O)cc1. The van der Waals surface area contributed by atoms with Crippen LogP contribution in [0.4, 0.5) is 0 Å². The maximum Gasteiger partial charge on any atom is 0.308 e. The van der Waals surface area contributed by atoms with Crippen molar-refractivity contribution < 1.29 is 19.4 Å². The van der Waals surface area contributed by atoms with Gasteiger partial charge in [0.2, 0.25) is 6.29 Å². The van der Waals surface area contributed by atoms with Crippen molar-refractivity contribution in [2.45, 2.75) is 33.0 Å². The minimum absolute atomic E-state index is 0.172. The van der Waals surface area contributed by atoms with Crippen LogP contribution >= 0.6 is 0 Å². The number of benzene rings is 1. The van der Waals surface area contributed by atoms with Crippen LogP contribution in [0.3, 0.4) is 0 Å². The Kier molecular flexibility index (Phi) is 4.64. The number of hydrogen-bond acceptors (Lipinski definition) is 4. The maximum atomic E-state index is 11.1. The van der Waals surface area contributed by atoms with Gasteiger partial charge in [-0.2, -0.15) is 0 Å². The first-order valence-corrected chi connectivity index (χ1v) is 5.30. The van der Waals surface area contributed by atoms with Crippen molar-refractivity contribution in [3.63, 3.8) is 0 Å². The summed E-state index contributed by atoms with van der Waals surface area (Å²) in [5.41, 5.74) is 0. The molecule has 0 aliphatic carbocycles. The molecule has 0 amide bonds. The molecule has 0 aromatic heterocycles. The number of phenolic OH excluding ortho intramolecular Hbond substituents is 1. The molecule has 1 rings (SSSR count). The Morgan fingerprint density at radius 1 is 1.31 bits per heavy atom. The summed E-state index contributed by atoms with van der Waals surface area (Å²) >= 11 is 0. The van der Waals surface area contributed by atoms with Crippen LogP contribution in [0.25, 0.3) is 0 Å². The Morgan fingerprint density at radius 3 is 2.44 bits per heavy atom. The van der Waals surface area contributed by atoms with Crippen LogP contribution in [0.5, 0.6) is 11.5 Å². The van der Waals surface area contributed by atoms with Gasteiger partial charge in [-0.25, -0.2) is 0 Å². The number of aromatic hydroxyl groups is 1. The molecule has 88 valence electrons. The predicted molar refractivity (Wildman–Crippen MR) is 59.2 cm³/mol. The molecule has 0 spiro atoms. The first-order chi connectivity index (χ1) is 7.65. The molecule has 1 atom stereocenters. The van der Waals surface area contributed by atoms with Crippen LogP contribution in [0.1, 0.15) is 26.7 Å². The van der Waals surface area contributed by atoms with Crippen LogP contribution < -0.4 is 4.74 Å². The fourth-order valence-electron chi connectivity index (χ4n) is 1.10. The van der Waals surface area contributed by atoms with Crippen molar-refractivity contribution in [2.75, 3.05) is 0 Å². The van der Waals surface area contributed by atoms with E-state index in [-0.39, 0.29) is 11.7 Å². The van der Waals surface area contributed by atoms with Gasteiger partial charge in [-0.3, -0.25) is 4.79 Å². The second-order valence-electron chi connectivity index (χ2n) is 3.29. The van der Waals surface area contributed by atoms with Crippen LogP contribution in [0.15, 0.2) is 24.3 Å². The molecule has 4 heteroatoms. The lowest BCUT2D eigenvalue weighted by Gasteiger charge is -2.17. The van der Waals surface area contributed by atoms with Gasteiger partial charge in [0, 0.05) is 12.8 Å². The lowest BCUT2D eigenvalue weighted by atomic mass is 10.3. The van der Waals surface area contributed by atoms with E-state index in [1.54, 1.807) is 19.1 Å². The summed E-state index contributed by atoms with van der Waals surface area (Å²) in [5.74, 6) is 0.449. The van der Waals surface area contributed by atoms with Gasteiger partial charge in [-0.05, 0) is 24.3 Å². The molecule has 16 heavy (non-hydrogen) atoms. The number of esters is 1. The number of rotatable bonds is 5. The van der Waals surface area contributed by atoms with Gasteiger partial charge in [0.05, 0.1) is 0 Å². The lowest BCUT2D eigenvalue weighted by molar-refractivity contribution is -0.163. The Labute approximate surface area is 94.8 Å². The molecule has 0 saturated heterocycles. The third kappa shape index (κ3) is 3.81. The summed E-state index contributed by atoms with van der Waals surface area (Å²) in [6.45, 7) is 3.60. The molecule has 1 aromatic rings. The molecule has 0 aliphatic rings. The van der Waals surface area contributed by atoms with Crippen molar-refractivity contribution in [1.82, 2.24) is 0 Å². The Bertz CT molecular complexity index is 331. The molecular weight excluding hydrogens is 208 g/mol. The molecule has 0 bridgehead atoms. The molecule has 0 radical (unpaired) electrons. The topological polar surface area (TPSA) is 55.8 Å². The van der Waals surface area contributed by atoms with Crippen molar-refractivity contribution in [3.8, 4) is 11.5 Å². The molecular formula is C12H16O4. The Morgan fingerprint density at radius 2 is 1.94 bits per heavy atom. The minimum Gasteiger partial charge on any atom is -0.508 e. The standard InChI is InChI=1S/C12H16O4/c1-3-11(14)16-12(4-2)15-10-7-5-9(13)6-8-10/h5-8,12-13H,3-4H2,1-2H3. The van der Waals surface area contributed by atoms with E-state index in [0.29, 0.717) is 18.6 Å². The van der Waals surface area contributed by atoms with Gasteiger partial charge in [-0.1, -0.05) is 13.8 Å². The fourth-order valence-corrected chi connectivity index (χ4v) is 1.10. The fraction of sp³-hybridized carbons (Fsp3) is 0.417. The van der Waals surface area contributed by atoms with Crippen molar-refractivity contribution >= 4 is 5.97 Å². The number of ether oxygens (including phenoxy) is 2. The van der Waals surface area contributed by atoms with E-state index in [0.717, 1.165) is 0 Å². The highest BCUT2D eigenvalue weighted by molar-refractivity contribution is 5.69. The average molecular weight is 224 g/mol. The number of hydrogen-bond donors (Lipinski definition) is 1. The second-order valence-corrected chi connectivity index (χ2v) is 3.29. The summed E-state index contributed by atoms with van der Waals surface area (Å²) in [6, 6.07) is 6.28. The van der Waals surface area contributed by atoms with Crippen molar-refractivity contribution in [1.29, 1.82) is 0 Å². The van der Waals surface area contributed by atoms with Gasteiger partial charge in [0.25, 0.3) is 0 Å². The van der Waals surface area contributed by atoms with Crippen molar-refractivity contribution in [2.24, 2.45) is 0 Å². The molecule has 1 unspecified atom stereocenters. The molecule has 0 aliphatic heterocycles. The van der Waals surface area contributed by atoms with Crippen LogP contribution in [0, 0.1) is 0 Å². The molecule has 0 fully saturated rings. The molecule has 0 saturated carbocycles. The summed E-state index contributed by atoms with van der Waals surface area (Å²) < 4.78 is 10.5. The molecule has 1 N–H and O–H groups in total. The molecule has 1 aromatic carbocycles. The first kappa shape index (κ1) is 12.4. The van der Waals surface area contributed by atoms with Gasteiger partial charge < -0.3 is 14.6 Å². The van der Waals surface area contributed by atoms with E-state index in [1.165, 1.54) is 12.1 Å². The lowest BCUT2D eigenvalue weighted by Crippen LogP contribution is -2.23. The Hall–Kier alpha value is -1.71. The highest BCUT2D eigenvalue weighted by Crippen LogP contribution is 2.18. The van der Waals surface area contributed by atoms with E-state index >= 15 is 0 Å².